The van der Waals surface area contributed by atoms with Crippen molar-refractivity contribution < 1.29 is 14.0 Å². The summed E-state index contributed by atoms with van der Waals surface area (Å²) in [6.07, 6.45) is 3.34. The molecule has 9 heteroatoms. The van der Waals surface area contributed by atoms with E-state index in [2.05, 4.69) is 27.8 Å². The Morgan fingerprint density at radius 3 is 2.63 bits per heavy atom. The first-order valence-electron chi connectivity index (χ1n) is 9.45. The van der Waals surface area contributed by atoms with Crippen LogP contribution in [0.25, 0.3) is 0 Å². The number of aryl methyl sites for hydroxylation is 1. The molecule has 0 unspecified atom stereocenters. The largest absolute Gasteiger partial charge is 0.325 e. The average Bonchev–Trinajstić information content (AvgIpc) is 3.19. The molecule has 1 heterocycles. The molecule has 0 radical (unpaired) electrons. The number of unbranched alkanes of at least 4 members (excludes halogenated alkanes) is 1. The second kappa shape index (κ2) is 10.8. The summed E-state index contributed by atoms with van der Waals surface area (Å²) < 4.78 is 13.8. The molecular weight excluding hydrogens is 423 g/mol. The van der Waals surface area contributed by atoms with E-state index >= 15 is 0 Å². The molecule has 2 aromatic carbocycles. The third-order valence-corrected chi connectivity index (χ3v) is 6.07. The van der Waals surface area contributed by atoms with Crippen LogP contribution in [-0.2, 0) is 11.2 Å². The fraction of sp³-hybridized carbons (Fsp3) is 0.238. The van der Waals surface area contributed by atoms with Gasteiger partial charge in [0, 0.05) is 11.3 Å². The van der Waals surface area contributed by atoms with Crippen molar-refractivity contribution >= 4 is 45.7 Å². The lowest BCUT2D eigenvalue weighted by atomic mass is 10.1. The molecule has 3 aromatic rings. The number of amides is 2. The van der Waals surface area contributed by atoms with Gasteiger partial charge < -0.3 is 5.32 Å². The zero-order chi connectivity index (χ0) is 21.3. The van der Waals surface area contributed by atoms with Crippen molar-refractivity contribution in [2.24, 2.45) is 0 Å². The van der Waals surface area contributed by atoms with Crippen molar-refractivity contribution in [2.75, 3.05) is 16.4 Å². The van der Waals surface area contributed by atoms with Gasteiger partial charge in [0.05, 0.1) is 5.75 Å². The number of nitrogens with one attached hydrogen (secondary N) is 2. The summed E-state index contributed by atoms with van der Waals surface area (Å²) in [5.74, 6) is -0.939. The van der Waals surface area contributed by atoms with Gasteiger partial charge in [-0.15, -0.1) is 10.2 Å². The maximum Gasteiger partial charge on any atom is 0.257 e. The van der Waals surface area contributed by atoms with E-state index in [1.54, 1.807) is 0 Å². The molecule has 2 amide bonds. The van der Waals surface area contributed by atoms with Crippen LogP contribution in [0.5, 0.6) is 0 Å². The molecule has 156 valence electrons. The van der Waals surface area contributed by atoms with Gasteiger partial charge in [-0.2, -0.15) is 0 Å². The Morgan fingerprint density at radius 1 is 1.10 bits per heavy atom. The van der Waals surface area contributed by atoms with Gasteiger partial charge in [-0.1, -0.05) is 54.6 Å². The first kappa shape index (κ1) is 21.9. The molecule has 0 aliphatic carbocycles. The molecule has 0 saturated carbocycles. The van der Waals surface area contributed by atoms with E-state index in [1.807, 2.05) is 24.3 Å². The van der Waals surface area contributed by atoms with Gasteiger partial charge in [0.25, 0.3) is 5.91 Å². The molecule has 0 spiro atoms. The molecule has 0 bridgehead atoms. The van der Waals surface area contributed by atoms with Gasteiger partial charge in [-0.3, -0.25) is 14.9 Å². The molecule has 2 N–H and O–H groups in total. The highest BCUT2D eigenvalue weighted by Gasteiger charge is 2.12. The van der Waals surface area contributed by atoms with Crippen LogP contribution in [0.4, 0.5) is 15.2 Å². The van der Waals surface area contributed by atoms with Gasteiger partial charge >= 0.3 is 0 Å². The zero-order valence-electron chi connectivity index (χ0n) is 16.4. The molecular formula is C21H21FN4O2S2. The standard InChI is InChI=1S/C21H21FN4O2S2/c1-2-3-5-14-8-10-17(11-9-14)23-18(27)13-29-21-26-25-20(30-21)24-19(28)15-6-4-7-16(22)12-15/h4,6-12H,2-3,5,13H2,1H3,(H,23,27)(H,24,25,28). The van der Waals surface area contributed by atoms with Crippen molar-refractivity contribution in [3.05, 3.63) is 65.5 Å². The summed E-state index contributed by atoms with van der Waals surface area (Å²) in [6.45, 7) is 2.16. The van der Waals surface area contributed by atoms with Crippen LogP contribution < -0.4 is 10.6 Å². The number of aromatic nitrogens is 2. The topological polar surface area (TPSA) is 84.0 Å². The van der Waals surface area contributed by atoms with Crippen LogP contribution in [0, 0.1) is 5.82 Å². The Balaban J connectivity index is 1.46. The lowest BCUT2D eigenvalue weighted by Crippen LogP contribution is -2.13. The summed E-state index contributed by atoms with van der Waals surface area (Å²) in [7, 11) is 0. The molecule has 0 saturated heterocycles. The minimum Gasteiger partial charge on any atom is -0.325 e. The fourth-order valence-corrected chi connectivity index (χ4v) is 4.12. The Hall–Kier alpha value is -2.78. The Kier molecular flexibility index (Phi) is 7.92. The summed E-state index contributed by atoms with van der Waals surface area (Å²) in [4.78, 5) is 24.3. The van der Waals surface area contributed by atoms with Crippen LogP contribution in [0.3, 0.4) is 0 Å². The number of carbonyl (C=O) groups is 2. The zero-order valence-corrected chi connectivity index (χ0v) is 18.0. The Morgan fingerprint density at radius 2 is 1.90 bits per heavy atom. The summed E-state index contributed by atoms with van der Waals surface area (Å²) in [5, 5.41) is 13.6. The number of hydrogen-bond donors (Lipinski definition) is 2. The number of anilines is 2. The van der Waals surface area contributed by atoms with Crippen LogP contribution in [0.2, 0.25) is 0 Å². The maximum absolute atomic E-state index is 13.2. The van der Waals surface area contributed by atoms with Gasteiger partial charge in [0.2, 0.25) is 11.0 Å². The van der Waals surface area contributed by atoms with Gasteiger partial charge in [-0.05, 0) is 48.7 Å². The highest BCUT2D eigenvalue weighted by molar-refractivity contribution is 8.01. The van der Waals surface area contributed by atoms with Gasteiger partial charge in [0.1, 0.15) is 5.82 Å². The monoisotopic (exact) mass is 444 g/mol. The average molecular weight is 445 g/mol. The van der Waals surface area contributed by atoms with E-state index in [1.165, 1.54) is 35.5 Å². The summed E-state index contributed by atoms with van der Waals surface area (Å²) in [6, 6.07) is 13.2. The first-order valence-corrected chi connectivity index (χ1v) is 11.3. The molecule has 3 rings (SSSR count). The predicted octanol–water partition coefficient (Wildman–Crippen LogP) is 5.00. The van der Waals surface area contributed by atoms with Crippen molar-refractivity contribution in [3.8, 4) is 0 Å². The van der Waals surface area contributed by atoms with Crippen molar-refractivity contribution in [1.29, 1.82) is 0 Å². The third-order valence-electron chi connectivity index (χ3n) is 4.10. The van der Waals surface area contributed by atoms with Crippen LogP contribution in [0.15, 0.2) is 52.9 Å². The minimum absolute atomic E-state index is 0.151. The van der Waals surface area contributed by atoms with E-state index in [0.29, 0.717) is 4.34 Å². The first-order chi connectivity index (χ1) is 14.5. The van der Waals surface area contributed by atoms with Crippen LogP contribution in [-0.4, -0.2) is 27.8 Å². The molecule has 1 aromatic heterocycles. The fourth-order valence-electron chi connectivity index (χ4n) is 2.58. The minimum atomic E-state index is -0.488. The normalized spacial score (nSPS) is 10.6. The van der Waals surface area contributed by atoms with E-state index in [9.17, 15) is 14.0 Å². The molecule has 0 atom stereocenters. The SMILES string of the molecule is CCCCc1ccc(NC(=O)CSc2nnc(NC(=O)c3cccc(F)c3)s2)cc1. The van der Waals surface area contributed by atoms with E-state index in [0.717, 1.165) is 42.4 Å². The Labute approximate surface area is 182 Å². The highest BCUT2D eigenvalue weighted by Crippen LogP contribution is 2.26. The van der Waals surface area contributed by atoms with Crippen molar-refractivity contribution in [3.63, 3.8) is 0 Å². The van der Waals surface area contributed by atoms with Gasteiger partial charge in [-0.25, -0.2) is 4.39 Å². The quantitative estimate of drug-likeness (QED) is 0.358. The molecule has 0 fully saturated rings. The molecule has 6 nitrogen and oxygen atoms in total. The summed E-state index contributed by atoms with van der Waals surface area (Å²) >= 11 is 2.38. The van der Waals surface area contributed by atoms with Crippen molar-refractivity contribution in [1.82, 2.24) is 10.2 Å². The second-order valence-electron chi connectivity index (χ2n) is 6.47. The third kappa shape index (κ3) is 6.64. The number of carbonyl (C=O) groups excluding carboxylic acids is 2. The lowest BCUT2D eigenvalue weighted by Gasteiger charge is -2.05. The smallest absolute Gasteiger partial charge is 0.257 e. The van der Waals surface area contributed by atoms with Crippen molar-refractivity contribution in [2.45, 2.75) is 30.5 Å². The van der Waals surface area contributed by atoms with E-state index < -0.39 is 11.7 Å². The van der Waals surface area contributed by atoms with Gasteiger partial charge in [0.15, 0.2) is 4.34 Å². The molecule has 0 aliphatic rings. The number of hydrogen-bond acceptors (Lipinski definition) is 6. The van der Waals surface area contributed by atoms with Crippen LogP contribution >= 0.6 is 23.1 Å². The second-order valence-corrected chi connectivity index (χ2v) is 8.67. The van der Waals surface area contributed by atoms with E-state index in [-0.39, 0.29) is 22.4 Å². The predicted molar refractivity (Wildman–Crippen MR) is 119 cm³/mol. The maximum atomic E-state index is 13.2. The lowest BCUT2D eigenvalue weighted by molar-refractivity contribution is -0.113. The number of thioether (sulfide) groups is 1. The Bertz CT molecular complexity index is 1010. The highest BCUT2D eigenvalue weighted by atomic mass is 32.2. The van der Waals surface area contributed by atoms with E-state index in [4.69, 9.17) is 0 Å². The number of nitrogens with zero attached hydrogens (tertiary/aromatic N) is 2. The number of rotatable bonds is 9. The van der Waals surface area contributed by atoms with Crippen LogP contribution in [0.1, 0.15) is 35.7 Å². The number of halogens is 1. The number of benzene rings is 2. The summed E-state index contributed by atoms with van der Waals surface area (Å²) in [5.41, 5.74) is 2.20. The molecule has 30 heavy (non-hydrogen) atoms. The molecule has 0 aliphatic heterocycles.